The van der Waals surface area contributed by atoms with Gasteiger partial charge in [-0.1, -0.05) is 16.8 Å². The Hall–Kier alpha value is -1.03. The maximum atomic E-state index is 9.76. The second-order valence-electron chi connectivity index (χ2n) is 1.38. The molecule has 0 aliphatic carbocycles. The van der Waals surface area contributed by atoms with Crippen LogP contribution in [0.5, 0.6) is 0 Å². The van der Waals surface area contributed by atoms with Crippen molar-refractivity contribution in [2.75, 3.05) is 0 Å². The minimum absolute atomic E-state index is 0.391. The molecule has 1 N–H and O–H groups in total. The zero-order chi connectivity index (χ0) is 7.98. The lowest BCUT2D eigenvalue weighted by Gasteiger charge is -1.85. The number of carboxylic acids is 1. The molecule has 0 aromatic heterocycles. The summed E-state index contributed by atoms with van der Waals surface area (Å²) in [4.78, 5) is 14.1. The van der Waals surface area contributed by atoms with Gasteiger partial charge in [0.1, 0.15) is 6.26 Å². The lowest BCUT2D eigenvalue weighted by Crippen LogP contribution is -1.94. The highest BCUT2D eigenvalue weighted by Crippen LogP contribution is 1.96. The Kier molecular flexibility index (Phi) is 4.32. The quantitative estimate of drug-likeness (QED) is 0.386. The number of oxime groups is 1. The average molecular weight is 164 g/mol. The normalized spacial score (nSPS) is 12.0. The summed E-state index contributed by atoms with van der Waals surface area (Å²) in [6.45, 7) is 1.58. The van der Waals surface area contributed by atoms with Crippen LogP contribution in [0.15, 0.2) is 16.5 Å². The SMILES string of the molecule is CC(Cl)=CON=CC(=O)O. The first-order chi connectivity index (χ1) is 4.63. The molecule has 10 heavy (non-hydrogen) atoms. The molecular formula is C5H6ClNO3. The molecule has 0 radical (unpaired) electrons. The molecule has 0 aromatic rings. The number of nitrogens with zero attached hydrogens (tertiary/aromatic N) is 1. The molecule has 0 saturated carbocycles. The van der Waals surface area contributed by atoms with E-state index in [-0.39, 0.29) is 0 Å². The summed E-state index contributed by atoms with van der Waals surface area (Å²) in [6, 6.07) is 0. The third-order valence-electron chi connectivity index (χ3n) is 0.439. The van der Waals surface area contributed by atoms with E-state index in [2.05, 4.69) is 9.99 Å². The van der Waals surface area contributed by atoms with Crippen LogP contribution in [0.2, 0.25) is 0 Å². The van der Waals surface area contributed by atoms with Crippen LogP contribution in [-0.4, -0.2) is 17.3 Å². The molecular weight excluding hydrogens is 158 g/mol. The Morgan fingerprint density at radius 3 is 2.80 bits per heavy atom. The second-order valence-corrected chi connectivity index (χ2v) is 1.98. The number of halogens is 1. The molecule has 0 rings (SSSR count). The molecule has 0 spiro atoms. The molecule has 0 saturated heterocycles. The lowest BCUT2D eigenvalue weighted by molar-refractivity contribution is -0.129. The molecule has 0 heterocycles. The van der Waals surface area contributed by atoms with Crippen LogP contribution >= 0.6 is 11.6 Å². The standard InChI is InChI=1S/C5H6ClNO3/c1-4(6)3-10-7-2-5(8)9/h2-3H,1H3,(H,8,9). The van der Waals surface area contributed by atoms with Crippen LogP contribution in [-0.2, 0) is 9.63 Å². The van der Waals surface area contributed by atoms with Crippen molar-refractivity contribution in [3.63, 3.8) is 0 Å². The van der Waals surface area contributed by atoms with E-state index in [1.54, 1.807) is 6.92 Å². The second kappa shape index (κ2) is 4.81. The van der Waals surface area contributed by atoms with Crippen LogP contribution in [0, 0.1) is 0 Å². The van der Waals surface area contributed by atoms with Gasteiger partial charge in [-0.15, -0.1) is 0 Å². The third kappa shape index (κ3) is 6.97. The van der Waals surface area contributed by atoms with E-state index in [1.165, 1.54) is 0 Å². The van der Waals surface area contributed by atoms with Crippen molar-refractivity contribution >= 4 is 23.8 Å². The largest absolute Gasteiger partial charge is 0.477 e. The van der Waals surface area contributed by atoms with Gasteiger partial charge < -0.3 is 9.94 Å². The van der Waals surface area contributed by atoms with Gasteiger partial charge in [0.05, 0.1) is 5.03 Å². The van der Waals surface area contributed by atoms with Gasteiger partial charge in [0.15, 0.2) is 6.21 Å². The number of hydrogen-bond acceptors (Lipinski definition) is 3. The molecule has 0 atom stereocenters. The van der Waals surface area contributed by atoms with Crippen molar-refractivity contribution < 1.29 is 14.7 Å². The molecule has 0 aliphatic heterocycles. The summed E-state index contributed by atoms with van der Waals surface area (Å²) < 4.78 is 0. The molecule has 0 unspecified atom stereocenters. The lowest BCUT2D eigenvalue weighted by atomic mass is 10.7. The van der Waals surface area contributed by atoms with Gasteiger partial charge in [0.25, 0.3) is 0 Å². The smallest absolute Gasteiger partial charge is 0.350 e. The van der Waals surface area contributed by atoms with E-state index in [1.807, 2.05) is 0 Å². The van der Waals surface area contributed by atoms with E-state index in [4.69, 9.17) is 16.7 Å². The van der Waals surface area contributed by atoms with Gasteiger partial charge >= 0.3 is 5.97 Å². The Bertz CT molecular complexity index is 172. The monoisotopic (exact) mass is 163 g/mol. The minimum atomic E-state index is -1.17. The van der Waals surface area contributed by atoms with Crippen LogP contribution in [0.3, 0.4) is 0 Å². The highest BCUT2D eigenvalue weighted by molar-refractivity contribution is 6.29. The number of rotatable bonds is 3. The topological polar surface area (TPSA) is 58.9 Å². The van der Waals surface area contributed by atoms with Crippen molar-refractivity contribution in [3.8, 4) is 0 Å². The highest BCUT2D eigenvalue weighted by atomic mass is 35.5. The van der Waals surface area contributed by atoms with E-state index in [9.17, 15) is 4.79 Å². The Labute approximate surface area is 62.7 Å². The van der Waals surface area contributed by atoms with E-state index < -0.39 is 5.97 Å². The van der Waals surface area contributed by atoms with E-state index in [0.717, 1.165) is 6.26 Å². The number of allylic oxidation sites excluding steroid dienone is 1. The van der Waals surface area contributed by atoms with Gasteiger partial charge in [-0.2, -0.15) is 0 Å². The number of carbonyl (C=O) groups is 1. The van der Waals surface area contributed by atoms with Gasteiger partial charge in [-0.3, -0.25) is 0 Å². The van der Waals surface area contributed by atoms with Crippen LogP contribution in [0.25, 0.3) is 0 Å². The molecule has 0 aliphatic rings. The number of carboxylic acid groups (broad SMARTS) is 1. The maximum Gasteiger partial charge on any atom is 0.350 e. The zero-order valence-electron chi connectivity index (χ0n) is 5.24. The molecule has 0 fully saturated rings. The van der Waals surface area contributed by atoms with Crippen molar-refractivity contribution in [2.45, 2.75) is 6.92 Å². The fourth-order valence-electron chi connectivity index (χ4n) is 0.179. The fraction of sp³-hybridized carbons (Fsp3) is 0.200. The molecule has 0 aromatic carbocycles. The van der Waals surface area contributed by atoms with E-state index >= 15 is 0 Å². The molecule has 5 heteroatoms. The summed E-state index contributed by atoms with van der Waals surface area (Å²) >= 11 is 5.31. The Morgan fingerprint density at radius 1 is 1.80 bits per heavy atom. The van der Waals surface area contributed by atoms with Crippen LogP contribution < -0.4 is 0 Å². The summed E-state index contributed by atoms with van der Waals surface area (Å²) in [5.74, 6) is -1.17. The molecule has 4 nitrogen and oxygen atoms in total. The molecule has 56 valence electrons. The zero-order valence-corrected chi connectivity index (χ0v) is 6.00. The summed E-state index contributed by atoms with van der Waals surface area (Å²) in [6.07, 6.45) is 1.75. The summed E-state index contributed by atoms with van der Waals surface area (Å²) in [7, 11) is 0. The fourth-order valence-corrected chi connectivity index (χ4v) is 0.218. The van der Waals surface area contributed by atoms with Gasteiger partial charge in [-0.25, -0.2) is 4.79 Å². The van der Waals surface area contributed by atoms with Crippen LogP contribution in [0.4, 0.5) is 0 Å². The van der Waals surface area contributed by atoms with Gasteiger partial charge in [-0.05, 0) is 6.92 Å². The first-order valence-electron chi connectivity index (χ1n) is 2.37. The van der Waals surface area contributed by atoms with Crippen molar-refractivity contribution in [2.24, 2.45) is 5.16 Å². The van der Waals surface area contributed by atoms with Crippen LogP contribution in [0.1, 0.15) is 6.92 Å². The van der Waals surface area contributed by atoms with Gasteiger partial charge in [0, 0.05) is 0 Å². The summed E-state index contributed by atoms with van der Waals surface area (Å²) in [5.41, 5.74) is 0. The Morgan fingerprint density at radius 2 is 2.40 bits per heavy atom. The molecule has 0 bridgehead atoms. The predicted octanol–water partition coefficient (Wildman–Crippen LogP) is 1.17. The number of hydrogen-bond donors (Lipinski definition) is 1. The van der Waals surface area contributed by atoms with E-state index in [0.29, 0.717) is 11.2 Å². The maximum absolute atomic E-state index is 9.76. The van der Waals surface area contributed by atoms with Crippen molar-refractivity contribution in [3.05, 3.63) is 11.3 Å². The summed E-state index contributed by atoms with van der Waals surface area (Å²) in [5, 5.41) is 11.4. The molecule has 0 amide bonds. The van der Waals surface area contributed by atoms with Crippen molar-refractivity contribution in [1.29, 1.82) is 0 Å². The number of aliphatic carboxylic acids is 1. The average Bonchev–Trinajstić information content (AvgIpc) is 1.79. The third-order valence-corrected chi connectivity index (χ3v) is 0.528. The Balaban J connectivity index is 3.55. The minimum Gasteiger partial charge on any atom is -0.477 e. The highest BCUT2D eigenvalue weighted by Gasteiger charge is 1.84. The first kappa shape index (κ1) is 8.97. The predicted molar refractivity (Wildman–Crippen MR) is 36.8 cm³/mol. The van der Waals surface area contributed by atoms with Gasteiger partial charge in [0.2, 0.25) is 0 Å². The first-order valence-corrected chi connectivity index (χ1v) is 2.75. The van der Waals surface area contributed by atoms with Crippen molar-refractivity contribution in [1.82, 2.24) is 0 Å².